The maximum atomic E-state index is 12.5. The second-order valence-electron chi connectivity index (χ2n) is 6.94. The summed E-state index contributed by atoms with van der Waals surface area (Å²) in [5, 5.41) is 9.52. The second kappa shape index (κ2) is 8.86. The van der Waals surface area contributed by atoms with Crippen LogP contribution in [-0.2, 0) is 11.2 Å². The first-order valence-electron chi connectivity index (χ1n) is 9.54. The minimum absolute atomic E-state index is 0.151. The lowest BCUT2D eigenvalue weighted by Gasteiger charge is -2.38. The maximum Gasteiger partial charge on any atom is 0.226 e. The number of amides is 1. The first-order valence-corrected chi connectivity index (χ1v) is 9.54. The molecule has 1 saturated heterocycles. The summed E-state index contributed by atoms with van der Waals surface area (Å²) in [4.78, 5) is 17.0. The van der Waals surface area contributed by atoms with E-state index in [9.17, 15) is 9.90 Å². The van der Waals surface area contributed by atoms with Crippen LogP contribution in [-0.4, -0.2) is 41.6 Å². The highest BCUT2D eigenvalue weighted by molar-refractivity contribution is 5.93. The van der Waals surface area contributed by atoms with Gasteiger partial charge in [-0.2, -0.15) is 0 Å². The molecule has 1 amide bonds. The van der Waals surface area contributed by atoms with Crippen LogP contribution in [0.15, 0.2) is 54.6 Å². The summed E-state index contributed by atoms with van der Waals surface area (Å²) in [6.07, 6.45) is 3.54. The SMILES string of the molecule is CCC(=O)N(c1ccc(O)cc1)C1CCN(CCc2ccccc2)CC1. The Labute approximate surface area is 156 Å². The quantitative estimate of drug-likeness (QED) is 0.859. The summed E-state index contributed by atoms with van der Waals surface area (Å²) in [7, 11) is 0. The summed E-state index contributed by atoms with van der Waals surface area (Å²) in [6.45, 7) is 5.01. The number of carbonyl (C=O) groups excluding carboxylic acids is 1. The van der Waals surface area contributed by atoms with Gasteiger partial charge in [-0.15, -0.1) is 0 Å². The van der Waals surface area contributed by atoms with Crippen LogP contribution in [0.5, 0.6) is 5.75 Å². The third-order valence-electron chi connectivity index (χ3n) is 5.18. The van der Waals surface area contributed by atoms with E-state index in [0.717, 1.165) is 44.6 Å². The van der Waals surface area contributed by atoms with E-state index in [2.05, 4.69) is 35.2 Å². The van der Waals surface area contributed by atoms with Crippen LogP contribution in [0.2, 0.25) is 0 Å². The second-order valence-corrected chi connectivity index (χ2v) is 6.94. The fraction of sp³-hybridized carbons (Fsp3) is 0.409. The third kappa shape index (κ3) is 4.64. The molecule has 4 heteroatoms. The molecule has 4 nitrogen and oxygen atoms in total. The number of anilines is 1. The highest BCUT2D eigenvalue weighted by Crippen LogP contribution is 2.26. The van der Waals surface area contributed by atoms with Crippen molar-refractivity contribution in [2.75, 3.05) is 24.5 Å². The molecule has 3 rings (SSSR count). The highest BCUT2D eigenvalue weighted by Gasteiger charge is 2.28. The summed E-state index contributed by atoms with van der Waals surface area (Å²) in [5.41, 5.74) is 2.26. The fourth-order valence-electron chi connectivity index (χ4n) is 3.68. The number of nitrogens with zero attached hydrogens (tertiary/aromatic N) is 2. The molecule has 0 atom stereocenters. The van der Waals surface area contributed by atoms with E-state index in [1.807, 2.05) is 24.0 Å². The van der Waals surface area contributed by atoms with E-state index in [0.29, 0.717) is 6.42 Å². The number of phenolic OH excluding ortho intramolecular Hbond substituents is 1. The van der Waals surface area contributed by atoms with Crippen molar-refractivity contribution in [1.82, 2.24) is 4.90 Å². The van der Waals surface area contributed by atoms with Crippen LogP contribution < -0.4 is 4.90 Å². The van der Waals surface area contributed by atoms with Crippen molar-refractivity contribution in [3.8, 4) is 5.75 Å². The molecule has 1 heterocycles. The number of benzene rings is 2. The average Bonchev–Trinajstić information content (AvgIpc) is 2.69. The molecule has 0 saturated carbocycles. The molecule has 26 heavy (non-hydrogen) atoms. The Balaban J connectivity index is 1.59. The fourth-order valence-corrected chi connectivity index (χ4v) is 3.68. The molecule has 0 aliphatic carbocycles. The molecule has 0 bridgehead atoms. The molecule has 0 aromatic heterocycles. The van der Waals surface area contributed by atoms with Gasteiger partial charge in [0.2, 0.25) is 5.91 Å². The van der Waals surface area contributed by atoms with Gasteiger partial charge in [-0.25, -0.2) is 0 Å². The molecule has 1 N–H and O–H groups in total. The number of hydrogen-bond acceptors (Lipinski definition) is 3. The number of hydrogen-bond donors (Lipinski definition) is 1. The Morgan fingerprint density at radius 3 is 2.35 bits per heavy atom. The molecule has 0 unspecified atom stereocenters. The van der Waals surface area contributed by atoms with Crippen LogP contribution in [0.25, 0.3) is 0 Å². The highest BCUT2D eigenvalue weighted by atomic mass is 16.3. The van der Waals surface area contributed by atoms with E-state index in [1.165, 1.54) is 5.56 Å². The van der Waals surface area contributed by atoms with Gasteiger partial charge < -0.3 is 14.9 Å². The van der Waals surface area contributed by atoms with Crippen molar-refractivity contribution in [2.45, 2.75) is 38.6 Å². The van der Waals surface area contributed by atoms with Gasteiger partial charge >= 0.3 is 0 Å². The molecule has 1 aliphatic rings. The van der Waals surface area contributed by atoms with Crippen LogP contribution in [0.1, 0.15) is 31.7 Å². The summed E-state index contributed by atoms with van der Waals surface area (Å²) < 4.78 is 0. The average molecular weight is 352 g/mol. The zero-order valence-corrected chi connectivity index (χ0v) is 15.5. The maximum absolute atomic E-state index is 12.5. The normalized spacial score (nSPS) is 15.7. The van der Waals surface area contributed by atoms with Crippen molar-refractivity contribution in [3.63, 3.8) is 0 Å². The van der Waals surface area contributed by atoms with Gasteiger partial charge in [-0.3, -0.25) is 4.79 Å². The standard InChI is InChI=1S/C22H28N2O2/c1-2-22(26)24(19-8-10-21(25)11-9-19)20-13-16-23(17-14-20)15-12-18-6-4-3-5-7-18/h3-11,20,25H,2,12-17H2,1H3. The summed E-state index contributed by atoms with van der Waals surface area (Å²) in [6, 6.07) is 17.8. The number of carbonyl (C=O) groups is 1. The smallest absolute Gasteiger partial charge is 0.226 e. The lowest BCUT2D eigenvalue weighted by molar-refractivity contribution is -0.119. The lowest BCUT2D eigenvalue weighted by Crippen LogP contribution is -2.47. The summed E-state index contributed by atoms with van der Waals surface area (Å²) in [5.74, 6) is 0.381. The van der Waals surface area contributed by atoms with E-state index in [-0.39, 0.29) is 17.7 Å². The van der Waals surface area contributed by atoms with Gasteiger partial charge in [-0.1, -0.05) is 37.3 Å². The zero-order chi connectivity index (χ0) is 18.4. The Kier molecular flexibility index (Phi) is 6.29. The number of piperidine rings is 1. The summed E-state index contributed by atoms with van der Waals surface area (Å²) >= 11 is 0. The number of likely N-dealkylation sites (tertiary alicyclic amines) is 1. The first kappa shape index (κ1) is 18.5. The van der Waals surface area contributed by atoms with Crippen LogP contribution >= 0.6 is 0 Å². The van der Waals surface area contributed by atoms with Crippen molar-refractivity contribution in [3.05, 3.63) is 60.2 Å². The molecule has 1 aliphatic heterocycles. The Morgan fingerprint density at radius 1 is 1.08 bits per heavy atom. The minimum atomic E-state index is 0.151. The molecule has 138 valence electrons. The lowest BCUT2D eigenvalue weighted by atomic mass is 10.0. The topological polar surface area (TPSA) is 43.8 Å². The van der Waals surface area contributed by atoms with E-state index in [1.54, 1.807) is 12.1 Å². The Morgan fingerprint density at radius 2 is 1.73 bits per heavy atom. The molecular formula is C22H28N2O2. The monoisotopic (exact) mass is 352 g/mol. The predicted octanol–water partition coefficient (Wildman–Crippen LogP) is 3.84. The molecular weight excluding hydrogens is 324 g/mol. The molecule has 1 fully saturated rings. The largest absolute Gasteiger partial charge is 0.508 e. The third-order valence-corrected chi connectivity index (χ3v) is 5.18. The van der Waals surface area contributed by atoms with Gasteiger partial charge in [0, 0.05) is 37.8 Å². The van der Waals surface area contributed by atoms with E-state index in [4.69, 9.17) is 0 Å². The van der Waals surface area contributed by atoms with E-state index >= 15 is 0 Å². The molecule has 2 aromatic rings. The molecule has 2 aromatic carbocycles. The van der Waals surface area contributed by atoms with Gasteiger partial charge in [0.25, 0.3) is 0 Å². The Hall–Kier alpha value is -2.33. The Bertz CT molecular complexity index is 692. The molecule has 0 radical (unpaired) electrons. The van der Waals surface area contributed by atoms with Crippen molar-refractivity contribution in [1.29, 1.82) is 0 Å². The van der Waals surface area contributed by atoms with Crippen LogP contribution in [0.3, 0.4) is 0 Å². The van der Waals surface area contributed by atoms with Gasteiger partial charge in [0.05, 0.1) is 0 Å². The van der Waals surface area contributed by atoms with Gasteiger partial charge in [-0.05, 0) is 49.1 Å². The number of aromatic hydroxyl groups is 1. The van der Waals surface area contributed by atoms with E-state index < -0.39 is 0 Å². The van der Waals surface area contributed by atoms with Crippen molar-refractivity contribution in [2.24, 2.45) is 0 Å². The van der Waals surface area contributed by atoms with Gasteiger partial charge in [0.1, 0.15) is 5.75 Å². The minimum Gasteiger partial charge on any atom is -0.508 e. The molecule has 0 spiro atoms. The van der Waals surface area contributed by atoms with Crippen molar-refractivity contribution < 1.29 is 9.90 Å². The zero-order valence-electron chi connectivity index (χ0n) is 15.5. The first-order chi connectivity index (χ1) is 12.7. The number of rotatable bonds is 6. The number of phenols is 1. The van der Waals surface area contributed by atoms with Crippen molar-refractivity contribution >= 4 is 11.6 Å². The van der Waals surface area contributed by atoms with Crippen LogP contribution in [0, 0.1) is 0 Å². The van der Waals surface area contributed by atoms with Gasteiger partial charge in [0.15, 0.2) is 0 Å². The van der Waals surface area contributed by atoms with Crippen LogP contribution in [0.4, 0.5) is 5.69 Å². The predicted molar refractivity (Wildman–Crippen MR) is 105 cm³/mol.